The highest BCUT2D eigenvalue weighted by atomic mass is 32.2. The largest absolute Gasteiger partial charge is 0.364 e. The number of nitriles is 1. The van der Waals surface area contributed by atoms with Crippen LogP contribution in [-0.2, 0) is 20.2 Å². The first-order valence-electron chi connectivity index (χ1n) is 10.4. The number of hydrogen-bond donors (Lipinski definition) is 1. The first-order valence-corrected chi connectivity index (χ1v) is 12.2. The third kappa shape index (κ3) is 6.17. The Morgan fingerprint density at radius 2 is 1.88 bits per heavy atom. The quantitative estimate of drug-likeness (QED) is 0.415. The molecule has 2 rings (SSSR count). The van der Waals surface area contributed by atoms with E-state index in [-0.39, 0.29) is 28.7 Å². The monoisotopic (exact) mass is 483 g/mol. The van der Waals surface area contributed by atoms with Crippen LogP contribution in [0.1, 0.15) is 39.0 Å². The summed E-state index contributed by atoms with van der Waals surface area (Å²) in [6.45, 7) is 15.4. The molecule has 1 aromatic heterocycles. The number of amides is 1. The summed E-state index contributed by atoms with van der Waals surface area (Å²) in [6, 6.07) is 7.15. The minimum atomic E-state index is -3.86. The molecule has 0 unspecified atom stereocenters. The van der Waals surface area contributed by atoms with E-state index in [4.69, 9.17) is 0 Å². The molecular weight excluding hydrogens is 454 g/mol. The zero-order valence-corrected chi connectivity index (χ0v) is 20.8. The summed E-state index contributed by atoms with van der Waals surface area (Å²) in [7, 11) is -3.86. The maximum Gasteiger partial charge on any atom is 0.252 e. The molecule has 10 nitrogen and oxygen atoms in total. The molecule has 0 saturated heterocycles. The number of rotatable bonds is 9. The molecule has 0 saturated carbocycles. The minimum Gasteiger partial charge on any atom is -0.364 e. The Balaban J connectivity index is 2.67. The lowest BCUT2D eigenvalue weighted by Crippen LogP contribution is -2.23. The van der Waals surface area contributed by atoms with Crippen molar-refractivity contribution in [3.8, 4) is 6.07 Å². The van der Waals surface area contributed by atoms with E-state index in [0.717, 1.165) is 11.9 Å². The van der Waals surface area contributed by atoms with Crippen LogP contribution in [0.15, 0.2) is 53.7 Å². The minimum absolute atomic E-state index is 0.0162. The number of benzene rings is 1. The van der Waals surface area contributed by atoms with Gasteiger partial charge in [-0.05, 0) is 18.2 Å². The van der Waals surface area contributed by atoms with Crippen molar-refractivity contribution in [2.24, 2.45) is 10.2 Å². The van der Waals surface area contributed by atoms with Crippen molar-refractivity contribution in [1.29, 1.82) is 5.26 Å². The van der Waals surface area contributed by atoms with Gasteiger partial charge < -0.3 is 10.2 Å². The van der Waals surface area contributed by atoms with E-state index in [2.05, 4.69) is 33.8 Å². The zero-order chi connectivity index (χ0) is 25.7. The molecule has 1 aromatic carbocycles. The Kier molecular flexibility index (Phi) is 8.13. The van der Waals surface area contributed by atoms with Gasteiger partial charge in [0.05, 0.1) is 17.6 Å². The van der Waals surface area contributed by atoms with Gasteiger partial charge in [-0.2, -0.15) is 10.4 Å². The van der Waals surface area contributed by atoms with E-state index < -0.39 is 15.4 Å². The first kappa shape index (κ1) is 26.5. The number of carbonyl (C=O) groups is 1. The van der Waals surface area contributed by atoms with Crippen LogP contribution in [0.2, 0.25) is 0 Å². The normalized spacial score (nSPS) is 11.8. The summed E-state index contributed by atoms with van der Waals surface area (Å²) in [4.78, 5) is 13.8. The van der Waals surface area contributed by atoms with Gasteiger partial charge in [0.25, 0.3) is 10.0 Å². The lowest BCUT2D eigenvalue weighted by Gasteiger charge is -2.22. The Morgan fingerprint density at radius 1 is 1.26 bits per heavy atom. The third-order valence-electron chi connectivity index (χ3n) is 4.58. The van der Waals surface area contributed by atoms with Gasteiger partial charge in [-0.3, -0.25) is 4.79 Å². The second-order valence-electron chi connectivity index (χ2n) is 8.58. The second-order valence-corrected chi connectivity index (χ2v) is 10.4. The fraction of sp³-hybridized carbons (Fsp3) is 0.348. The highest BCUT2D eigenvalue weighted by molar-refractivity contribution is 7.89. The molecule has 1 heterocycles. The topological polar surface area (TPSA) is 133 Å². The van der Waals surface area contributed by atoms with Gasteiger partial charge in [0, 0.05) is 31.1 Å². The van der Waals surface area contributed by atoms with Crippen LogP contribution >= 0.6 is 0 Å². The molecule has 0 aliphatic rings. The Hall–Kier alpha value is -3.78. The van der Waals surface area contributed by atoms with E-state index in [1.165, 1.54) is 6.92 Å². The maximum absolute atomic E-state index is 12.3. The van der Waals surface area contributed by atoms with E-state index in [0.29, 0.717) is 22.9 Å². The van der Waals surface area contributed by atoms with Gasteiger partial charge in [-0.25, -0.2) is 8.42 Å². The Bertz CT molecular complexity index is 1270. The number of nitrogens with zero attached hydrogens (tertiary/aromatic N) is 6. The molecule has 1 N–H and O–H groups in total. The van der Waals surface area contributed by atoms with Crippen LogP contribution in [0.25, 0.3) is 0 Å². The average Bonchev–Trinajstić information content (AvgIpc) is 3.12. The van der Waals surface area contributed by atoms with Crippen LogP contribution < -0.4 is 10.2 Å². The number of carbonyl (C=O) groups excluding carboxylic acids is 1. The molecule has 0 spiro atoms. The van der Waals surface area contributed by atoms with E-state index in [1.54, 1.807) is 30.4 Å². The zero-order valence-electron chi connectivity index (χ0n) is 20.0. The van der Waals surface area contributed by atoms with Gasteiger partial charge in [0.2, 0.25) is 11.7 Å². The van der Waals surface area contributed by atoms with Crippen molar-refractivity contribution in [3.05, 3.63) is 54.8 Å². The molecular formula is C23H29N7O3S. The maximum atomic E-state index is 12.3. The van der Waals surface area contributed by atoms with Crippen molar-refractivity contribution in [2.45, 2.75) is 33.1 Å². The molecule has 0 aliphatic heterocycles. The van der Waals surface area contributed by atoms with Gasteiger partial charge in [0.15, 0.2) is 0 Å². The predicted octanol–water partition coefficient (Wildman–Crippen LogP) is 4.41. The number of anilines is 2. The molecule has 0 atom stereocenters. The fourth-order valence-corrected chi connectivity index (χ4v) is 3.81. The molecule has 34 heavy (non-hydrogen) atoms. The summed E-state index contributed by atoms with van der Waals surface area (Å²) in [5.74, 6) is -0.519. The summed E-state index contributed by atoms with van der Waals surface area (Å²) < 4.78 is 25.4. The number of azo groups is 1. The first-order chi connectivity index (χ1) is 15.8. The average molecular weight is 484 g/mol. The Morgan fingerprint density at radius 3 is 2.35 bits per heavy atom. The molecule has 0 bridgehead atoms. The van der Waals surface area contributed by atoms with Gasteiger partial charge in [-0.15, -0.1) is 27.5 Å². The summed E-state index contributed by atoms with van der Waals surface area (Å²) >= 11 is 0. The van der Waals surface area contributed by atoms with Crippen molar-refractivity contribution in [2.75, 3.05) is 29.6 Å². The van der Waals surface area contributed by atoms with Crippen LogP contribution in [0, 0.1) is 11.3 Å². The van der Waals surface area contributed by atoms with Crippen LogP contribution in [-0.4, -0.2) is 42.9 Å². The van der Waals surface area contributed by atoms with Crippen LogP contribution in [0.4, 0.5) is 22.9 Å². The van der Waals surface area contributed by atoms with Crippen molar-refractivity contribution < 1.29 is 13.2 Å². The number of nitrogens with one attached hydrogen (secondary N) is 1. The van der Waals surface area contributed by atoms with Gasteiger partial charge in [-0.1, -0.05) is 32.9 Å². The lowest BCUT2D eigenvalue weighted by molar-refractivity contribution is -0.114. The predicted molar refractivity (Wildman–Crippen MR) is 133 cm³/mol. The molecule has 11 heteroatoms. The number of hydrogen-bond acceptors (Lipinski definition) is 8. The highest BCUT2D eigenvalue weighted by Gasteiger charge is 2.30. The smallest absolute Gasteiger partial charge is 0.252 e. The van der Waals surface area contributed by atoms with Crippen molar-refractivity contribution >= 4 is 38.8 Å². The van der Waals surface area contributed by atoms with E-state index in [9.17, 15) is 18.5 Å². The van der Waals surface area contributed by atoms with E-state index in [1.807, 2.05) is 31.7 Å². The summed E-state index contributed by atoms with van der Waals surface area (Å²) in [5.41, 5.74) is 1.13. The molecule has 0 radical (unpaired) electrons. The van der Waals surface area contributed by atoms with Gasteiger partial charge in [0.1, 0.15) is 17.3 Å². The second kappa shape index (κ2) is 10.4. The highest BCUT2D eigenvalue weighted by Crippen LogP contribution is 2.35. The van der Waals surface area contributed by atoms with Crippen molar-refractivity contribution in [3.63, 3.8) is 0 Å². The van der Waals surface area contributed by atoms with Crippen molar-refractivity contribution in [1.82, 2.24) is 9.19 Å². The molecule has 2 aromatic rings. The summed E-state index contributed by atoms with van der Waals surface area (Å²) in [6.07, 6.45) is 4.47. The Labute approximate surface area is 200 Å². The number of aromatic nitrogens is 2. The molecule has 0 fully saturated rings. The third-order valence-corrected chi connectivity index (χ3v) is 5.46. The fourth-order valence-electron chi connectivity index (χ4n) is 3.13. The molecule has 180 valence electrons. The van der Waals surface area contributed by atoms with Gasteiger partial charge >= 0.3 is 0 Å². The lowest BCUT2D eigenvalue weighted by atomic mass is 9.90. The van der Waals surface area contributed by atoms with E-state index >= 15 is 0 Å². The van der Waals surface area contributed by atoms with Crippen LogP contribution in [0.5, 0.6) is 0 Å². The molecule has 0 aliphatic carbocycles. The molecule has 1 amide bonds. The standard InChI is InChI=1S/C23H29N7O3S/c1-8-12-29(13-9-2)17-10-11-19(20(14-17)25-16(3)31)26-27-22-18(15-24)21(23(4,5)6)28-30(22)34(7,32)33/h8-11,14H,1-2,12-13H2,3-7H3,(H,25,31). The SMILES string of the molecule is C=CCN(CC=C)c1ccc(N=Nc2c(C#N)c(C(C)(C)C)nn2S(C)(=O)=O)c(NC(C)=O)c1. The summed E-state index contributed by atoms with van der Waals surface area (Å²) in [5, 5.41) is 24.9. The van der Waals surface area contributed by atoms with Crippen LogP contribution in [0.3, 0.4) is 0 Å².